The summed E-state index contributed by atoms with van der Waals surface area (Å²) < 4.78 is 11.7. The Morgan fingerprint density at radius 1 is 1.20 bits per heavy atom. The number of rotatable bonds is 6. The highest BCUT2D eigenvalue weighted by atomic mass is 16.5. The van der Waals surface area contributed by atoms with Crippen molar-refractivity contribution < 1.29 is 9.47 Å². The smallest absolute Gasteiger partial charge is 0.191 e. The summed E-state index contributed by atoms with van der Waals surface area (Å²) in [4.78, 5) is 4.26. The lowest BCUT2D eigenvalue weighted by Gasteiger charge is -2.24. The number of nitrogens with one attached hydrogen (secondary N) is 2. The summed E-state index contributed by atoms with van der Waals surface area (Å²) in [6, 6.07) is 14.4. The minimum absolute atomic E-state index is 0.0862. The summed E-state index contributed by atoms with van der Waals surface area (Å²) >= 11 is 0. The van der Waals surface area contributed by atoms with E-state index in [-0.39, 0.29) is 5.60 Å². The molecular formula is C20H27N3O2. The first kappa shape index (κ1) is 17.5. The number of guanidine groups is 1. The molecule has 5 nitrogen and oxygen atoms in total. The van der Waals surface area contributed by atoms with Gasteiger partial charge in [-0.25, -0.2) is 0 Å². The molecule has 5 heteroatoms. The van der Waals surface area contributed by atoms with Gasteiger partial charge in [0.15, 0.2) is 5.96 Å². The van der Waals surface area contributed by atoms with Crippen LogP contribution in [-0.2, 0) is 4.74 Å². The summed E-state index contributed by atoms with van der Waals surface area (Å²) in [5.74, 6) is 1.69. The van der Waals surface area contributed by atoms with Crippen molar-refractivity contribution in [1.82, 2.24) is 10.6 Å². The maximum atomic E-state index is 5.94. The molecule has 2 N–H and O–H groups in total. The normalized spacial score (nSPS) is 20.6. The molecule has 0 radical (unpaired) electrons. The van der Waals surface area contributed by atoms with Gasteiger partial charge in [0.25, 0.3) is 0 Å². The monoisotopic (exact) mass is 341 g/mol. The van der Waals surface area contributed by atoms with Crippen LogP contribution in [0.2, 0.25) is 0 Å². The van der Waals surface area contributed by atoms with Crippen molar-refractivity contribution in [3.8, 4) is 5.75 Å². The fourth-order valence-electron chi connectivity index (χ4n) is 3.12. The zero-order chi connectivity index (χ0) is 17.5. The van der Waals surface area contributed by atoms with Gasteiger partial charge in [-0.1, -0.05) is 36.4 Å². The van der Waals surface area contributed by atoms with Gasteiger partial charge in [0.2, 0.25) is 0 Å². The summed E-state index contributed by atoms with van der Waals surface area (Å²) in [6.45, 7) is 5.01. The van der Waals surface area contributed by atoms with E-state index in [2.05, 4.69) is 40.7 Å². The third kappa shape index (κ3) is 4.63. The molecule has 3 rings (SSSR count). The van der Waals surface area contributed by atoms with Crippen molar-refractivity contribution in [2.24, 2.45) is 4.99 Å². The molecule has 2 aromatic carbocycles. The molecule has 0 amide bonds. The Bertz CT molecular complexity index is 718. The molecule has 1 aliphatic heterocycles. The van der Waals surface area contributed by atoms with Crippen molar-refractivity contribution in [1.29, 1.82) is 0 Å². The predicted molar refractivity (Wildman–Crippen MR) is 102 cm³/mol. The molecule has 1 unspecified atom stereocenters. The zero-order valence-corrected chi connectivity index (χ0v) is 15.0. The SMILES string of the molecule is CN=C(NCCOc1cccc2ccccc12)NCC1(C)CCCO1. The Kier molecular flexibility index (Phi) is 5.76. The second-order valence-corrected chi connectivity index (χ2v) is 6.58. The third-order valence-electron chi connectivity index (χ3n) is 4.56. The Morgan fingerprint density at radius 2 is 2.04 bits per heavy atom. The van der Waals surface area contributed by atoms with Gasteiger partial charge in [-0.15, -0.1) is 0 Å². The van der Waals surface area contributed by atoms with Crippen LogP contribution in [0.5, 0.6) is 5.75 Å². The average Bonchev–Trinajstić information content (AvgIpc) is 3.08. The van der Waals surface area contributed by atoms with Gasteiger partial charge in [-0.2, -0.15) is 0 Å². The van der Waals surface area contributed by atoms with Gasteiger partial charge < -0.3 is 20.1 Å². The lowest BCUT2D eigenvalue weighted by Crippen LogP contribution is -2.46. The molecule has 0 bridgehead atoms. The minimum Gasteiger partial charge on any atom is -0.491 e. The topological polar surface area (TPSA) is 54.9 Å². The third-order valence-corrected chi connectivity index (χ3v) is 4.56. The fourth-order valence-corrected chi connectivity index (χ4v) is 3.12. The summed E-state index contributed by atoms with van der Waals surface area (Å²) in [5.41, 5.74) is -0.0862. The van der Waals surface area contributed by atoms with Crippen molar-refractivity contribution >= 4 is 16.7 Å². The molecule has 2 aromatic rings. The van der Waals surface area contributed by atoms with Crippen molar-refractivity contribution in [3.05, 3.63) is 42.5 Å². The molecule has 134 valence electrons. The highest BCUT2D eigenvalue weighted by Crippen LogP contribution is 2.25. The second kappa shape index (κ2) is 8.21. The minimum atomic E-state index is -0.0862. The van der Waals surface area contributed by atoms with Crippen LogP contribution in [0, 0.1) is 0 Å². The lowest BCUT2D eigenvalue weighted by molar-refractivity contribution is 0.0243. The molecule has 1 aliphatic rings. The number of benzene rings is 2. The molecular weight excluding hydrogens is 314 g/mol. The van der Waals surface area contributed by atoms with E-state index in [4.69, 9.17) is 9.47 Å². The van der Waals surface area contributed by atoms with E-state index >= 15 is 0 Å². The van der Waals surface area contributed by atoms with Crippen LogP contribution in [0.3, 0.4) is 0 Å². The van der Waals surface area contributed by atoms with E-state index in [1.54, 1.807) is 7.05 Å². The highest BCUT2D eigenvalue weighted by Gasteiger charge is 2.29. The number of aliphatic imine (C=N–C) groups is 1. The highest BCUT2D eigenvalue weighted by molar-refractivity contribution is 5.88. The van der Waals surface area contributed by atoms with E-state index in [0.717, 1.165) is 43.1 Å². The largest absolute Gasteiger partial charge is 0.491 e. The van der Waals surface area contributed by atoms with E-state index in [1.807, 2.05) is 24.3 Å². The van der Waals surface area contributed by atoms with Gasteiger partial charge in [0.1, 0.15) is 12.4 Å². The predicted octanol–water partition coefficient (Wildman–Crippen LogP) is 2.95. The van der Waals surface area contributed by atoms with E-state index < -0.39 is 0 Å². The van der Waals surface area contributed by atoms with Crippen molar-refractivity contribution in [2.45, 2.75) is 25.4 Å². The van der Waals surface area contributed by atoms with Crippen LogP contribution in [0.4, 0.5) is 0 Å². The first-order chi connectivity index (χ1) is 12.2. The zero-order valence-electron chi connectivity index (χ0n) is 15.0. The maximum Gasteiger partial charge on any atom is 0.191 e. The van der Waals surface area contributed by atoms with E-state index in [0.29, 0.717) is 13.2 Å². The number of hydrogen-bond acceptors (Lipinski definition) is 3. The molecule has 0 spiro atoms. The van der Waals surface area contributed by atoms with Crippen LogP contribution < -0.4 is 15.4 Å². The van der Waals surface area contributed by atoms with E-state index in [9.17, 15) is 0 Å². The standard InChI is InChI=1S/C20H27N3O2/c1-20(11-6-13-25-20)15-23-19(21-2)22-12-14-24-18-10-5-8-16-7-3-4-9-17(16)18/h3-5,7-10H,6,11-15H2,1-2H3,(H2,21,22,23). The number of hydrogen-bond donors (Lipinski definition) is 2. The Balaban J connectivity index is 1.45. The van der Waals surface area contributed by atoms with Gasteiger partial charge in [-0.05, 0) is 31.2 Å². The quantitative estimate of drug-likeness (QED) is 0.482. The van der Waals surface area contributed by atoms with E-state index in [1.165, 1.54) is 5.39 Å². The number of fused-ring (bicyclic) bond motifs is 1. The van der Waals surface area contributed by atoms with Gasteiger partial charge >= 0.3 is 0 Å². The second-order valence-electron chi connectivity index (χ2n) is 6.58. The lowest BCUT2D eigenvalue weighted by atomic mass is 10.0. The van der Waals surface area contributed by atoms with Crippen LogP contribution in [0.1, 0.15) is 19.8 Å². The van der Waals surface area contributed by atoms with Gasteiger partial charge in [0.05, 0.1) is 12.1 Å². The Morgan fingerprint density at radius 3 is 2.84 bits per heavy atom. The molecule has 25 heavy (non-hydrogen) atoms. The molecule has 1 heterocycles. The number of nitrogens with zero attached hydrogens (tertiary/aromatic N) is 1. The molecule has 1 fully saturated rings. The summed E-state index contributed by atoms with van der Waals surface area (Å²) in [5, 5.41) is 8.95. The van der Waals surface area contributed by atoms with Crippen LogP contribution >= 0.6 is 0 Å². The van der Waals surface area contributed by atoms with Crippen LogP contribution in [0.15, 0.2) is 47.5 Å². The maximum absolute atomic E-state index is 5.94. The molecule has 0 aliphatic carbocycles. The Hall–Kier alpha value is -2.27. The average molecular weight is 341 g/mol. The van der Waals surface area contributed by atoms with Gasteiger partial charge in [0, 0.05) is 25.6 Å². The molecule has 1 atom stereocenters. The molecule has 0 saturated carbocycles. The first-order valence-corrected chi connectivity index (χ1v) is 8.89. The number of ether oxygens (including phenoxy) is 2. The van der Waals surface area contributed by atoms with Gasteiger partial charge in [-0.3, -0.25) is 4.99 Å². The summed E-state index contributed by atoms with van der Waals surface area (Å²) in [6.07, 6.45) is 2.21. The fraction of sp³-hybridized carbons (Fsp3) is 0.450. The Labute approximate surface area is 149 Å². The molecule has 1 saturated heterocycles. The van der Waals surface area contributed by atoms with Crippen molar-refractivity contribution in [3.63, 3.8) is 0 Å². The van der Waals surface area contributed by atoms with Crippen LogP contribution in [-0.4, -0.2) is 44.9 Å². The van der Waals surface area contributed by atoms with Crippen molar-refractivity contribution in [2.75, 3.05) is 33.4 Å². The molecule has 0 aromatic heterocycles. The van der Waals surface area contributed by atoms with Crippen LogP contribution in [0.25, 0.3) is 10.8 Å². The first-order valence-electron chi connectivity index (χ1n) is 8.89. The summed E-state index contributed by atoms with van der Waals surface area (Å²) in [7, 11) is 1.78.